The lowest BCUT2D eigenvalue weighted by molar-refractivity contribution is -0.125. The van der Waals surface area contributed by atoms with Crippen molar-refractivity contribution in [1.82, 2.24) is 10.3 Å². The lowest BCUT2D eigenvalue weighted by Crippen LogP contribution is -2.30. The Hall–Kier alpha value is -1.89. The van der Waals surface area contributed by atoms with E-state index in [1.165, 1.54) is 12.1 Å². The van der Waals surface area contributed by atoms with Gasteiger partial charge in [0.2, 0.25) is 11.8 Å². The monoisotopic (exact) mass is 401 g/mol. The van der Waals surface area contributed by atoms with Gasteiger partial charge >= 0.3 is 0 Å². The summed E-state index contributed by atoms with van der Waals surface area (Å²) in [5.74, 6) is 0.462. The van der Waals surface area contributed by atoms with Crippen molar-refractivity contribution in [2.75, 3.05) is 0 Å². The third-order valence-electron chi connectivity index (χ3n) is 4.13. The average Bonchev–Trinajstić information content (AvgIpc) is 3.01. The van der Waals surface area contributed by atoms with Gasteiger partial charge in [-0.05, 0) is 37.0 Å². The number of nitrogens with one attached hydrogen (secondary N) is 1. The van der Waals surface area contributed by atoms with Crippen molar-refractivity contribution in [3.63, 3.8) is 0 Å². The number of hydrogen-bond donors (Lipinski definition) is 2. The fraction of sp³-hybridized carbons (Fsp3) is 0.333. The maximum absolute atomic E-state index is 13.1. The van der Waals surface area contributed by atoms with Gasteiger partial charge in [0.1, 0.15) is 11.6 Å². The smallest absolute Gasteiger partial charge is 0.223 e. The van der Waals surface area contributed by atoms with Gasteiger partial charge in [0, 0.05) is 36.8 Å². The molecule has 0 saturated heterocycles. The van der Waals surface area contributed by atoms with E-state index in [0.29, 0.717) is 18.2 Å². The Bertz CT molecular complexity index is 716. The van der Waals surface area contributed by atoms with Crippen LogP contribution in [0.4, 0.5) is 4.39 Å². The van der Waals surface area contributed by atoms with E-state index in [1.807, 2.05) is 6.07 Å². The SMILES string of the molecule is Cl.Cl.NC1CCC(C(=O)NCc2ccc(Oc3cccc(F)c3)nc2)C1. The Balaban J connectivity index is 0.00000169. The van der Waals surface area contributed by atoms with Gasteiger partial charge in [-0.1, -0.05) is 12.1 Å². The molecule has 0 aliphatic heterocycles. The van der Waals surface area contributed by atoms with Gasteiger partial charge in [0.05, 0.1) is 0 Å². The highest BCUT2D eigenvalue weighted by molar-refractivity contribution is 5.85. The first-order chi connectivity index (χ1) is 11.6. The number of ether oxygens (including phenoxy) is 1. The van der Waals surface area contributed by atoms with E-state index in [2.05, 4.69) is 10.3 Å². The zero-order valence-electron chi connectivity index (χ0n) is 14.1. The standard InChI is InChI=1S/C18H20FN3O2.2ClH/c19-14-2-1-3-16(9-14)24-17-7-4-12(10-21-17)11-22-18(23)13-5-6-15(20)8-13;;/h1-4,7,9-10,13,15H,5-6,8,11,20H2,(H,22,23);2*1H. The van der Waals surface area contributed by atoms with Crippen LogP contribution in [0.15, 0.2) is 42.6 Å². The van der Waals surface area contributed by atoms with Gasteiger partial charge in [0.25, 0.3) is 0 Å². The number of carbonyl (C=O) groups excluding carboxylic acids is 1. The molecule has 2 atom stereocenters. The topological polar surface area (TPSA) is 77.2 Å². The van der Waals surface area contributed by atoms with Crippen molar-refractivity contribution < 1.29 is 13.9 Å². The first-order valence-corrected chi connectivity index (χ1v) is 8.02. The predicted octanol–water partition coefficient (Wildman–Crippen LogP) is 3.60. The molecule has 1 saturated carbocycles. The molecule has 8 heteroatoms. The molecule has 1 aromatic carbocycles. The van der Waals surface area contributed by atoms with Gasteiger partial charge in [0.15, 0.2) is 0 Å². The number of nitrogens with zero attached hydrogens (tertiary/aromatic N) is 1. The van der Waals surface area contributed by atoms with Crippen LogP contribution in [0.1, 0.15) is 24.8 Å². The van der Waals surface area contributed by atoms with Crippen LogP contribution in [0.5, 0.6) is 11.6 Å². The number of carbonyl (C=O) groups is 1. The van der Waals surface area contributed by atoms with Crippen LogP contribution in [0.3, 0.4) is 0 Å². The number of amides is 1. The minimum absolute atomic E-state index is 0. The molecule has 3 rings (SSSR count). The van der Waals surface area contributed by atoms with E-state index >= 15 is 0 Å². The van der Waals surface area contributed by atoms with Gasteiger partial charge in [-0.2, -0.15) is 0 Å². The second-order valence-electron chi connectivity index (χ2n) is 6.05. The van der Waals surface area contributed by atoms with E-state index in [9.17, 15) is 9.18 Å². The summed E-state index contributed by atoms with van der Waals surface area (Å²) in [6.45, 7) is 0.415. The summed E-state index contributed by atoms with van der Waals surface area (Å²) in [7, 11) is 0. The maximum Gasteiger partial charge on any atom is 0.223 e. The number of halogens is 3. The molecule has 1 amide bonds. The normalized spacial score (nSPS) is 18.4. The quantitative estimate of drug-likeness (QED) is 0.801. The Morgan fingerprint density at radius 1 is 1.27 bits per heavy atom. The predicted molar refractivity (Wildman–Crippen MR) is 102 cm³/mol. The first-order valence-electron chi connectivity index (χ1n) is 8.02. The molecule has 0 radical (unpaired) electrons. The van der Waals surface area contributed by atoms with Gasteiger partial charge in [-0.15, -0.1) is 24.8 Å². The van der Waals surface area contributed by atoms with Gasteiger partial charge in [-0.25, -0.2) is 9.37 Å². The highest BCUT2D eigenvalue weighted by Gasteiger charge is 2.27. The van der Waals surface area contributed by atoms with E-state index in [-0.39, 0.29) is 48.5 Å². The van der Waals surface area contributed by atoms with E-state index in [0.717, 1.165) is 24.8 Å². The van der Waals surface area contributed by atoms with Crippen LogP contribution >= 0.6 is 24.8 Å². The molecule has 1 aromatic heterocycles. The van der Waals surface area contributed by atoms with Crippen LogP contribution < -0.4 is 15.8 Å². The van der Waals surface area contributed by atoms with E-state index in [1.54, 1.807) is 24.4 Å². The lowest BCUT2D eigenvalue weighted by Gasteiger charge is -2.11. The summed E-state index contributed by atoms with van der Waals surface area (Å²) < 4.78 is 18.6. The number of nitrogens with two attached hydrogens (primary N) is 1. The van der Waals surface area contributed by atoms with Crippen LogP contribution in [0, 0.1) is 11.7 Å². The molecular formula is C18H22Cl2FN3O2. The Labute approximate surface area is 164 Å². The van der Waals surface area contributed by atoms with Crippen LogP contribution in [-0.2, 0) is 11.3 Å². The summed E-state index contributed by atoms with van der Waals surface area (Å²) in [6, 6.07) is 9.53. The van der Waals surface area contributed by atoms with Crippen molar-refractivity contribution in [2.45, 2.75) is 31.8 Å². The largest absolute Gasteiger partial charge is 0.439 e. The minimum atomic E-state index is -0.363. The fourth-order valence-corrected chi connectivity index (χ4v) is 2.82. The number of pyridine rings is 1. The van der Waals surface area contributed by atoms with Gasteiger partial charge in [-0.3, -0.25) is 4.79 Å². The molecule has 0 spiro atoms. The minimum Gasteiger partial charge on any atom is -0.439 e. The van der Waals surface area contributed by atoms with E-state index in [4.69, 9.17) is 10.5 Å². The molecule has 1 heterocycles. The van der Waals surface area contributed by atoms with Crippen LogP contribution in [0.25, 0.3) is 0 Å². The number of rotatable bonds is 5. The summed E-state index contributed by atoms with van der Waals surface area (Å²) in [4.78, 5) is 16.2. The molecule has 1 fully saturated rings. The van der Waals surface area contributed by atoms with Crippen molar-refractivity contribution in [1.29, 1.82) is 0 Å². The second kappa shape index (κ2) is 10.3. The van der Waals surface area contributed by atoms with Crippen molar-refractivity contribution >= 4 is 30.7 Å². The molecule has 2 aromatic rings. The Morgan fingerprint density at radius 3 is 2.69 bits per heavy atom. The average molecular weight is 402 g/mol. The Kier molecular flexibility index (Phi) is 8.78. The van der Waals surface area contributed by atoms with Crippen molar-refractivity contribution in [2.24, 2.45) is 11.7 Å². The molecule has 1 aliphatic carbocycles. The summed E-state index contributed by atoms with van der Waals surface area (Å²) in [5.41, 5.74) is 6.70. The molecule has 5 nitrogen and oxygen atoms in total. The third kappa shape index (κ3) is 6.12. The van der Waals surface area contributed by atoms with Crippen LogP contribution in [-0.4, -0.2) is 16.9 Å². The summed E-state index contributed by atoms with van der Waals surface area (Å²) in [6.07, 6.45) is 4.15. The van der Waals surface area contributed by atoms with Crippen molar-refractivity contribution in [3.05, 3.63) is 54.0 Å². The van der Waals surface area contributed by atoms with Gasteiger partial charge < -0.3 is 15.8 Å². The number of aromatic nitrogens is 1. The zero-order chi connectivity index (χ0) is 16.9. The first kappa shape index (κ1) is 22.2. The highest BCUT2D eigenvalue weighted by atomic mass is 35.5. The molecular weight excluding hydrogens is 380 g/mol. The third-order valence-corrected chi connectivity index (χ3v) is 4.13. The lowest BCUT2D eigenvalue weighted by atomic mass is 10.1. The second-order valence-corrected chi connectivity index (χ2v) is 6.05. The Morgan fingerprint density at radius 2 is 2.08 bits per heavy atom. The summed E-state index contributed by atoms with van der Waals surface area (Å²) in [5, 5.41) is 2.91. The molecule has 3 N–H and O–H groups in total. The molecule has 1 aliphatic rings. The summed E-state index contributed by atoms with van der Waals surface area (Å²) >= 11 is 0. The fourth-order valence-electron chi connectivity index (χ4n) is 2.82. The molecule has 142 valence electrons. The molecule has 2 unspecified atom stereocenters. The molecule has 26 heavy (non-hydrogen) atoms. The van der Waals surface area contributed by atoms with E-state index < -0.39 is 0 Å². The van der Waals surface area contributed by atoms with Crippen molar-refractivity contribution in [3.8, 4) is 11.6 Å². The zero-order valence-corrected chi connectivity index (χ0v) is 15.7. The molecule has 0 bridgehead atoms. The highest BCUT2D eigenvalue weighted by Crippen LogP contribution is 2.24. The van der Waals surface area contributed by atoms with Crippen LogP contribution in [0.2, 0.25) is 0 Å². The number of benzene rings is 1. The maximum atomic E-state index is 13.1. The number of hydrogen-bond acceptors (Lipinski definition) is 4.